The summed E-state index contributed by atoms with van der Waals surface area (Å²) in [6.45, 7) is -0.0859. The highest BCUT2D eigenvalue weighted by atomic mass is 32.2. The first-order chi connectivity index (χ1) is 16.2. The van der Waals surface area contributed by atoms with Gasteiger partial charge in [-0.05, 0) is 55.5 Å². The van der Waals surface area contributed by atoms with Crippen molar-refractivity contribution in [3.63, 3.8) is 0 Å². The van der Waals surface area contributed by atoms with Gasteiger partial charge in [-0.2, -0.15) is 11.8 Å². The molecule has 0 radical (unpaired) electrons. The summed E-state index contributed by atoms with van der Waals surface area (Å²) < 4.78 is 0. The lowest BCUT2D eigenvalue weighted by Gasteiger charge is -2.24. The van der Waals surface area contributed by atoms with Crippen molar-refractivity contribution in [3.8, 4) is 5.75 Å². The fourth-order valence-corrected chi connectivity index (χ4v) is 3.53. The molecule has 0 bridgehead atoms. The van der Waals surface area contributed by atoms with Crippen molar-refractivity contribution in [2.24, 2.45) is 11.5 Å². The van der Waals surface area contributed by atoms with E-state index in [4.69, 9.17) is 16.6 Å². The number of thioether (sulfide) groups is 1. The average molecular weight is 498 g/mol. The number of aromatic hydroxyl groups is 1. The number of unbranched alkanes of at least 4 members (excludes halogenated alkanes) is 1. The zero-order chi connectivity index (χ0) is 25.5. The normalized spacial score (nSPS) is 13.4. The Morgan fingerprint density at radius 3 is 2.21 bits per heavy atom. The highest BCUT2D eigenvalue weighted by Gasteiger charge is 2.28. The summed E-state index contributed by atoms with van der Waals surface area (Å²) in [6, 6.07) is 3.32. The second kappa shape index (κ2) is 15.9. The van der Waals surface area contributed by atoms with Crippen LogP contribution in [0.4, 0.5) is 0 Å². The maximum absolute atomic E-state index is 13.1. The molecule has 0 aromatic heterocycles. The standard InChI is InChI=1S/C22H35N5O6S/c1-34-11-9-17(21(32)25-13-19(29)30)26-22(33)18(12-14-5-7-15(28)8-6-14)27-20(31)16(24)4-2-3-10-23/h5-8,16-18,28H,2-4,9-13,23-24H2,1H3,(H,25,32)(H,26,33)(H,27,31)(H,29,30). The molecule has 12 heteroatoms. The van der Waals surface area contributed by atoms with Gasteiger partial charge in [0.05, 0.1) is 6.04 Å². The molecule has 3 atom stereocenters. The highest BCUT2D eigenvalue weighted by molar-refractivity contribution is 7.98. The van der Waals surface area contributed by atoms with Crippen LogP contribution in [0.2, 0.25) is 0 Å². The van der Waals surface area contributed by atoms with Crippen LogP contribution in [0.1, 0.15) is 31.2 Å². The quantitative estimate of drug-likeness (QED) is 0.145. The van der Waals surface area contributed by atoms with Gasteiger partial charge in [-0.1, -0.05) is 18.6 Å². The molecule has 0 spiro atoms. The molecule has 0 aliphatic carbocycles. The van der Waals surface area contributed by atoms with Crippen LogP contribution in [0, 0.1) is 0 Å². The zero-order valence-corrected chi connectivity index (χ0v) is 20.1. The third-order valence-electron chi connectivity index (χ3n) is 4.97. The number of phenolic OH excluding ortho intramolecular Hbond substituents is 1. The molecular formula is C22H35N5O6S. The number of nitrogens with one attached hydrogen (secondary N) is 3. The summed E-state index contributed by atoms with van der Waals surface area (Å²) in [6.07, 6.45) is 4.01. The fourth-order valence-electron chi connectivity index (χ4n) is 3.06. The molecule has 0 saturated heterocycles. The van der Waals surface area contributed by atoms with Gasteiger partial charge in [0.25, 0.3) is 0 Å². The minimum atomic E-state index is -1.20. The minimum absolute atomic E-state index is 0.0583. The van der Waals surface area contributed by atoms with E-state index in [1.54, 1.807) is 12.1 Å². The maximum Gasteiger partial charge on any atom is 0.322 e. The predicted molar refractivity (Wildman–Crippen MR) is 130 cm³/mol. The molecule has 0 saturated carbocycles. The van der Waals surface area contributed by atoms with Gasteiger partial charge in [-0.3, -0.25) is 19.2 Å². The van der Waals surface area contributed by atoms with Gasteiger partial charge in [-0.15, -0.1) is 0 Å². The Labute approximate surface area is 203 Å². The molecule has 1 rings (SSSR count). The molecule has 1 aromatic carbocycles. The van der Waals surface area contributed by atoms with E-state index in [-0.39, 0.29) is 18.6 Å². The lowest BCUT2D eigenvalue weighted by Crippen LogP contribution is -2.56. The molecule has 1 aromatic rings. The van der Waals surface area contributed by atoms with Gasteiger partial charge < -0.3 is 37.6 Å². The molecule has 9 N–H and O–H groups in total. The summed E-state index contributed by atoms with van der Waals surface area (Å²) in [5.74, 6) is -2.34. The van der Waals surface area contributed by atoms with Crippen LogP contribution in [-0.2, 0) is 25.6 Å². The number of amides is 3. The predicted octanol–water partition coefficient (Wildman–Crippen LogP) is -0.685. The van der Waals surface area contributed by atoms with E-state index in [0.29, 0.717) is 30.7 Å². The molecule has 3 unspecified atom stereocenters. The number of rotatable bonds is 16. The Kier molecular flexibility index (Phi) is 13.7. The Hall–Kier alpha value is -2.83. The molecular weight excluding hydrogens is 462 g/mol. The minimum Gasteiger partial charge on any atom is -0.508 e. The second-order valence-electron chi connectivity index (χ2n) is 7.78. The summed E-state index contributed by atoms with van der Waals surface area (Å²) >= 11 is 1.47. The summed E-state index contributed by atoms with van der Waals surface area (Å²) in [4.78, 5) is 49.0. The number of carboxylic acids is 1. The fraction of sp³-hybridized carbons (Fsp3) is 0.545. The molecule has 0 aliphatic heterocycles. The Bertz CT molecular complexity index is 807. The van der Waals surface area contributed by atoms with Crippen LogP contribution in [-0.4, -0.2) is 77.1 Å². The zero-order valence-electron chi connectivity index (χ0n) is 19.3. The highest BCUT2D eigenvalue weighted by Crippen LogP contribution is 2.12. The molecule has 34 heavy (non-hydrogen) atoms. The average Bonchev–Trinajstić information content (AvgIpc) is 2.80. The number of nitrogens with two attached hydrogens (primary N) is 2. The number of hydrogen-bond acceptors (Lipinski definition) is 8. The first-order valence-electron chi connectivity index (χ1n) is 11.0. The van der Waals surface area contributed by atoms with E-state index >= 15 is 0 Å². The van der Waals surface area contributed by atoms with E-state index in [1.165, 1.54) is 23.9 Å². The SMILES string of the molecule is CSCCC(NC(=O)C(Cc1ccc(O)cc1)NC(=O)C(N)CCCCN)C(=O)NCC(=O)O. The number of carbonyl (C=O) groups is 4. The molecule has 0 aliphatic rings. The van der Waals surface area contributed by atoms with Gasteiger partial charge in [-0.25, -0.2) is 0 Å². The number of carboxylic acid groups (broad SMARTS) is 1. The van der Waals surface area contributed by atoms with Crippen LogP contribution in [0.3, 0.4) is 0 Å². The van der Waals surface area contributed by atoms with Gasteiger partial charge >= 0.3 is 5.97 Å². The number of phenols is 1. The van der Waals surface area contributed by atoms with Crippen LogP contribution in [0.25, 0.3) is 0 Å². The van der Waals surface area contributed by atoms with Crippen molar-refractivity contribution in [1.29, 1.82) is 0 Å². The smallest absolute Gasteiger partial charge is 0.322 e. The third-order valence-corrected chi connectivity index (χ3v) is 5.62. The van der Waals surface area contributed by atoms with Crippen molar-refractivity contribution in [1.82, 2.24) is 16.0 Å². The topological polar surface area (TPSA) is 197 Å². The molecule has 11 nitrogen and oxygen atoms in total. The van der Waals surface area contributed by atoms with E-state index < -0.39 is 48.4 Å². The van der Waals surface area contributed by atoms with Crippen LogP contribution in [0.15, 0.2) is 24.3 Å². The van der Waals surface area contributed by atoms with Gasteiger partial charge in [0, 0.05) is 6.42 Å². The first kappa shape index (κ1) is 29.2. The van der Waals surface area contributed by atoms with Gasteiger partial charge in [0.2, 0.25) is 17.7 Å². The van der Waals surface area contributed by atoms with Crippen molar-refractivity contribution >= 4 is 35.5 Å². The Morgan fingerprint density at radius 1 is 0.971 bits per heavy atom. The van der Waals surface area contributed by atoms with Crippen LogP contribution in [0.5, 0.6) is 5.75 Å². The summed E-state index contributed by atoms with van der Waals surface area (Å²) in [5, 5.41) is 25.9. The van der Waals surface area contributed by atoms with Crippen molar-refractivity contribution in [2.75, 3.05) is 25.1 Å². The van der Waals surface area contributed by atoms with E-state index in [0.717, 1.165) is 6.42 Å². The van der Waals surface area contributed by atoms with Crippen LogP contribution < -0.4 is 27.4 Å². The number of benzene rings is 1. The van der Waals surface area contributed by atoms with E-state index in [2.05, 4.69) is 16.0 Å². The first-order valence-corrected chi connectivity index (χ1v) is 12.4. The lowest BCUT2D eigenvalue weighted by atomic mass is 10.0. The Morgan fingerprint density at radius 2 is 1.62 bits per heavy atom. The van der Waals surface area contributed by atoms with Crippen molar-refractivity contribution < 1.29 is 29.4 Å². The van der Waals surface area contributed by atoms with Gasteiger partial charge in [0.1, 0.15) is 24.4 Å². The van der Waals surface area contributed by atoms with Crippen molar-refractivity contribution in [3.05, 3.63) is 29.8 Å². The van der Waals surface area contributed by atoms with Crippen LogP contribution >= 0.6 is 11.8 Å². The number of hydrogen-bond donors (Lipinski definition) is 7. The molecule has 3 amide bonds. The third kappa shape index (κ3) is 11.3. The Balaban J connectivity index is 2.98. The summed E-state index contributed by atoms with van der Waals surface area (Å²) in [5.41, 5.74) is 12.1. The lowest BCUT2D eigenvalue weighted by molar-refractivity contribution is -0.138. The second-order valence-corrected chi connectivity index (χ2v) is 8.76. The number of aliphatic carboxylic acids is 1. The van der Waals surface area contributed by atoms with E-state index in [9.17, 15) is 24.3 Å². The molecule has 0 heterocycles. The molecule has 0 fully saturated rings. The number of carbonyl (C=O) groups excluding carboxylic acids is 3. The van der Waals surface area contributed by atoms with Crippen molar-refractivity contribution in [2.45, 2.75) is 50.2 Å². The maximum atomic E-state index is 13.1. The van der Waals surface area contributed by atoms with E-state index in [1.807, 2.05) is 6.26 Å². The summed E-state index contributed by atoms with van der Waals surface area (Å²) in [7, 11) is 0. The largest absolute Gasteiger partial charge is 0.508 e. The monoisotopic (exact) mass is 497 g/mol. The molecule has 190 valence electrons. The van der Waals surface area contributed by atoms with Gasteiger partial charge in [0.15, 0.2) is 0 Å².